The number of hydrogen-bond acceptors (Lipinski definition) is 4. The highest BCUT2D eigenvalue weighted by molar-refractivity contribution is 8.03. The number of rotatable bonds is 3. The fraction of sp³-hybridized carbons (Fsp3) is 0.314. The van der Waals surface area contributed by atoms with Gasteiger partial charge < -0.3 is 9.47 Å². The van der Waals surface area contributed by atoms with Gasteiger partial charge in [0.25, 0.3) is 0 Å². The standard InChI is InChI=1S/C35H34N4S/c1-7-35(8-2)21(3)23-11-12-28(38-29-13-15-36-18-25(29)26-19-37-16-14-30(26)38)24-10-9-22-17-27-32(40-20-33(27,4)5)39(35)34(22,6)31(23)24/h9-19H,3,7-8,20H2,1-2,4-6H3. The number of nitrogens with zero attached hydrogens (tertiary/aromatic N) is 4. The summed E-state index contributed by atoms with van der Waals surface area (Å²) in [6, 6.07) is 8.92. The Labute approximate surface area is 240 Å². The second kappa shape index (κ2) is 7.79. The molecule has 1 aliphatic carbocycles. The lowest BCUT2D eigenvalue weighted by Gasteiger charge is -2.62. The Hall–Kier alpha value is -3.57. The summed E-state index contributed by atoms with van der Waals surface area (Å²) in [5.41, 5.74) is 11.3. The van der Waals surface area contributed by atoms with E-state index in [0.29, 0.717) is 0 Å². The van der Waals surface area contributed by atoms with Gasteiger partial charge in [-0.25, -0.2) is 0 Å². The highest BCUT2D eigenvalue weighted by Gasteiger charge is 2.59. The molecule has 0 spiro atoms. The molecule has 0 radical (unpaired) electrons. The van der Waals surface area contributed by atoms with Crippen LogP contribution in [-0.2, 0) is 5.54 Å². The molecule has 1 unspecified atom stereocenters. The van der Waals surface area contributed by atoms with Crippen molar-refractivity contribution in [2.45, 2.75) is 58.5 Å². The molecule has 5 heteroatoms. The molecule has 3 aromatic heterocycles. The zero-order chi connectivity index (χ0) is 27.6. The summed E-state index contributed by atoms with van der Waals surface area (Å²) in [5, 5.41) is 3.70. The summed E-state index contributed by atoms with van der Waals surface area (Å²) in [4.78, 5) is 11.7. The molecule has 4 aromatic rings. The van der Waals surface area contributed by atoms with Crippen LogP contribution in [0.4, 0.5) is 0 Å². The van der Waals surface area contributed by atoms with Crippen molar-refractivity contribution < 1.29 is 0 Å². The molecule has 0 fully saturated rings. The Morgan fingerprint density at radius 1 is 0.925 bits per heavy atom. The van der Waals surface area contributed by atoms with Crippen molar-refractivity contribution in [3.8, 4) is 5.69 Å². The van der Waals surface area contributed by atoms with E-state index in [4.69, 9.17) is 6.58 Å². The van der Waals surface area contributed by atoms with Crippen molar-refractivity contribution in [2.75, 3.05) is 5.75 Å². The molecular weight excluding hydrogens is 508 g/mol. The Morgan fingerprint density at radius 2 is 1.60 bits per heavy atom. The van der Waals surface area contributed by atoms with E-state index in [-0.39, 0.29) is 16.5 Å². The van der Waals surface area contributed by atoms with Crippen LogP contribution in [0.15, 0.2) is 84.0 Å². The molecule has 40 heavy (non-hydrogen) atoms. The van der Waals surface area contributed by atoms with Crippen LogP contribution in [0.3, 0.4) is 0 Å². The number of benzene rings is 1. The fourth-order valence-electron chi connectivity index (χ4n) is 8.12. The van der Waals surface area contributed by atoms with Gasteiger partial charge in [0.15, 0.2) is 0 Å². The molecule has 1 aromatic carbocycles. The molecule has 0 N–H and O–H groups in total. The molecule has 6 heterocycles. The van der Waals surface area contributed by atoms with E-state index in [1.807, 2.05) is 36.5 Å². The number of thioether (sulfide) groups is 1. The van der Waals surface area contributed by atoms with Crippen LogP contribution in [0.1, 0.15) is 64.2 Å². The van der Waals surface area contributed by atoms with E-state index in [1.54, 1.807) is 0 Å². The summed E-state index contributed by atoms with van der Waals surface area (Å²) in [6.07, 6.45) is 17.0. The van der Waals surface area contributed by atoms with Gasteiger partial charge in [0.1, 0.15) is 0 Å². The van der Waals surface area contributed by atoms with Crippen LogP contribution >= 0.6 is 11.8 Å². The third-order valence-electron chi connectivity index (χ3n) is 10.3. The molecule has 8 rings (SSSR count). The SMILES string of the molecule is C=C1c2ccc(-n3c4ccncc4c4cnccc43)c3c2C2(C)C(=CC4=C(SCC4(C)C)N2C1(CC)CC)C=C3. The van der Waals surface area contributed by atoms with Crippen molar-refractivity contribution in [2.24, 2.45) is 5.41 Å². The third kappa shape index (κ3) is 2.65. The van der Waals surface area contributed by atoms with Crippen LogP contribution in [-0.4, -0.2) is 30.7 Å². The Kier molecular flexibility index (Phi) is 4.72. The first-order chi connectivity index (χ1) is 19.3. The van der Waals surface area contributed by atoms with Gasteiger partial charge in [0.05, 0.1) is 32.8 Å². The molecule has 1 atom stereocenters. The first-order valence-electron chi connectivity index (χ1n) is 14.4. The predicted molar refractivity (Wildman–Crippen MR) is 168 cm³/mol. The van der Waals surface area contributed by atoms with Crippen molar-refractivity contribution in [1.82, 2.24) is 19.4 Å². The van der Waals surface area contributed by atoms with Crippen molar-refractivity contribution in [3.63, 3.8) is 0 Å². The highest BCUT2D eigenvalue weighted by atomic mass is 32.2. The minimum atomic E-state index is -0.281. The summed E-state index contributed by atoms with van der Waals surface area (Å²) < 4.78 is 2.40. The first-order valence-corrected chi connectivity index (χ1v) is 15.4. The predicted octanol–water partition coefficient (Wildman–Crippen LogP) is 8.63. The minimum absolute atomic E-state index is 0.136. The van der Waals surface area contributed by atoms with Crippen LogP contribution in [0.2, 0.25) is 0 Å². The summed E-state index contributed by atoms with van der Waals surface area (Å²) in [6.45, 7) is 16.8. The second-order valence-electron chi connectivity index (χ2n) is 12.5. The molecule has 0 saturated carbocycles. The smallest absolute Gasteiger partial charge is 0.0904 e. The van der Waals surface area contributed by atoms with Gasteiger partial charge in [-0.3, -0.25) is 9.97 Å². The van der Waals surface area contributed by atoms with Gasteiger partial charge in [-0.05, 0) is 71.9 Å². The average Bonchev–Trinajstić information content (AvgIpc) is 3.46. The zero-order valence-corrected chi connectivity index (χ0v) is 24.7. The van der Waals surface area contributed by atoms with Crippen LogP contribution < -0.4 is 0 Å². The van der Waals surface area contributed by atoms with Crippen LogP contribution in [0, 0.1) is 5.41 Å². The second-order valence-corrected chi connectivity index (χ2v) is 13.5. The maximum atomic E-state index is 4.87. The van der Waals surface area contributed by atoms with Gasteiger partial charge in [-0.1, -0.05) is 52.5 Å². The molecule has 4 nitrogen and oxygen atoms in total. The van der Waals surface area contributed by atoms with Crippen LogP contribution in [0.5, 0.6) is 0 Å². The van der Waals surface area contributed by atoms with Gasteiger partial charge in [0.2, 0.25) is 0 Å². The van der Waals surface area contributed by atoms with E-state index >= 15 is 0 Å². The van der Waals surface area contributed by atoms with Crippen LogP contribution in [0.25, 0.3) is 39.1 Å². The summed E-state index contributed by atoms with van der Waals surface area (Å²) in [5.74, 6) is 1.11. The highest BCUT2D eigenvalue weighted by Crippen LogP contribution is 2.65. The number of hydrogen-bond donors (Lipinski definition) is 0. The Bertz CT molecular complexity index is 1840. The van der Waals surface area contributed by atoms with E-state index < -0.39 is 0 Å². The van der Waals surface area contributed by atoms with Gasteiger partial charge in [0, 0.05) is 52.3 Å². The lowest BCUT2D eigenvalue weighted by molar-refractivity contribution is 0.0715. The Morgan fingerprint density at radius 3 is 2.25 bits per heavy atom. The lowest BCUT2D eigenvalue weighted by atomic mass is 9.61. The molecule has 0 saturated heterocycles. The molecular formula is C35H34N4S. The first kappa shape index (κ1) is 24.2. The normalized spacial score (nSPS) is 23.6. The van der Waals surface area contributed by atoms with Crippen molar-refractivity contribution in [3.05, 3.63) is 101 Å². The lowest BCUT2D eigenvalue weighted by Crippen LogP contribution is -2.62. The van der Waals surface area contributed by atoms with Gasteiger partial charge in [-0.15, -0.1) is 11.8 Å². The van der Waals surface area contributed by atoms with E-state index in [9.17, 15) is 0 Å². The van der Waals surface area contributed by atoms with Crippen molar-refractivity contribution >= 4 is 45.2 Å². The zero-order valence-electron chi connectivity index (χ0n) is 23.9. The minimum Gasteiger partial charge on any atom is -0.343 e. The average molecular weight is 543 g/mol. The quantitative estimate of drug-likeness (QED) is 0.259. The summed E-state index contributed by atoms with van der Waals surface area (Å²) >= 11 is 2.04. The molecule has 3 aliphatic heterocycles. The van der Waals surface area contributed by atoms with E-state index in [0.717, 1.165) is 40.4 Å². The molecule has 4 aliphatic rings. The molecule has 0 bridgehead atoms. The monoisotopic (exact) mass is 542 g/mol. The number of aromatic nitrogens is 3. The number of pyridine rings is 2. The number of fused-ring (bicyclic) bond motifs is 4. The van der Waals surface area contributed by atoms with Gasteiger partial charge in [-0.2, -0.15) is 0 Å². The topological polar surface area (TPSA) is 34.0 Å². The molecule has 0 amide bonds. The molecule has 200 valence electrons. The summed E-state index contributed by atoms with van der Waals surface area (Å²) in [7, 11) is 0. The number of allylic oxidation sites excluding steroid dienone is 2. The van der Waals surface area contributed by atoms with E-state index in [1.165, 1.54) is 44.1 Å². The maximum absolute atomic E-state index is 4.87. The van der Waals surface area contributed by atoms with E-state index in [2.05, 4.69) is 96.5 Å². The van der Waals surface area contributed by atoms with Gasteiger partial charge >= 0.3 is 0 Å². The largest absolute Gasteiger partial charge is 0.343 e. The third-order valence-corrected chi connectivity index (χ3v) is 11.8. The maximum Gasteiger partial charge on any atom is 0.0904 e. The fourth-order valence-corrected chi connectivity index (χ4v) is 9.75. The van der Waals surface area contributed by atoms with Crippen molar-refractivity contribution in [1.29, 1.82) is 0 Å². The Balaban J connectivity index is 1.50.